The van der Waals surface area contributed by atoms with Gasteiger partial charge in [0.2, 0.25) is 0 Å². The molecule has 1 aliphatic heterocycles. The lowest BCUT2D eigenvalue weighted by Crippen LogP contribution is -2.51. The summed E-state index contributed by atoms with van der Waals surface area (Å²) in [6.07, 6.45) is 1.64. The van der Waals surface area contributed by atoms with E-state index in [1.54, 1.807) is 26.5 Å². The van der Waals surface area contributed by atoms with Gasteiger partial charge in [0.15, 0.2) is 0 Å². The number of anilines is 1. The van der Waals surface area contributed by atoms with E-state index in [1.807, 2.05) is 29.2 Å². The van der Waals surface area contributed by atoms with Gasteiger partial charge in [0.25, 0.3) is 0 Å². The minimum Gasteiger partial charge on any atom is -0.497 e. The van der Waals surface area contributed by atoms with E-state index in [1.165, 1.54) is 0 Å². The number of amides is 2. The van der Waals surface area contributed by atoms with Gasteiger partial charge >= 0.3 is 6.03 Å². The SMILES string of the molecule is COc1ccc(CNC(=O)N2CCN(c3ccc(Cl)cn3)CC2)c(OC)c1. The van der Waals surface area contributed by atoms with Crippen molar-refractivity contribution in [3.8, 4) is 11.5 Å². The van der Waals surface area contributed by atoms with Gasteiger partial charge in [0.1, 0.15) is 17.3 Å². The number of piperazine rings is 1. The summed E-state index contributed by atoms with van der Waals surface area (Å²) in [5.74, 6) is 2.28. The van der Waals surface area contributed by atoms with Gasteiger partial charge in [-0.05, 0) is 24.3 Å². The lowest BCUT2D eigenvalue weighted by Gasteiger charge is -2.35. The Morgan fingerprint density at radius 1 is 1.15 bits per heavy atom. The average molecular weight is 391 g/mol. The number of carbonyl (C=O) groups is 1. The summed E-state index contributed by atoms with van der Waals surface area (Å²) < 4.78 is 10.6. The smallest absolute Gasteiger partial charge is 0.317 e. The summed E-state index contributed by atoms with van der Waals surface area (Å²) >= 11 is 5.88. The van der Waals surface area contributed by atoms with Gasteiger partial charge in [-0.15, -0.1) is 0 Å². The number of urea groups is 1. The van der Waals surface area contributed by atoms with Crippen LogP contribution in [0.25, 0.3) is 0 Å². The first-order chi connectivity index (χ1) is 13.1. The number of rotatable bonds is 5. The second-order valence-corrected chi connectivity index (χ2v) is 6.58. The number of hydrogen-bond donors (Lipinski definition) is 1. The Labute approximate surface area is 163 Å². The van der Waals surface area contributed by atoms with E-state index in [0.29, 0.717) is 36.2 Å². The van der Waals surface area contributed by atoms with Crippen LogP contribution in [-0.4, -0.2) is 56.3 Å². The molecular weight excluding hydrogens is 368 g/mol. The van der Waals surface area contributed by atoms with Gasteiger partial charge in [0, 0.05) is 50.6 Å². The first-order valence-corrected chi connectivity index (χ1v) is 9.08. The Kier molecular flexibility index (Phi) is 6.24. The van der Waals surface area contributed by atoms with Crippen LogP contribution >= 0.6 is 11.6 Å². The molecule has 0 atom stereocenters. The Bertz CT molecular complexity index is 777. The normalized spacial score (nSPS) is 14.0. The van der Waals surface area contributed by atoms with Gasteiger partial charge in [0.05, 0.1) is 19.2 Å². The zero-order valence-corrected chi connectivity index (χ0v) is 16.2. The lowest BCUT2D eigenvalue weighted by atomic mass is 10.2. The zero-order valence-electron chi connectivity index (χ0n) is 15.4. The highest BCUT2D eigenvalue weighted by Crippen LogP contribution is 2.24. The maximum absolute atomic E-state index is 12.5. The molecule has 0 radical (unpaired) electrons. The number of hydrogen-bond acceptors (Lipinski definition) is 5. The molecule has 7 nitrogen and oxygen atoms in total. The number of halogens is 1. The molecule has 0 bridgehead atoms. The van der Waals surface area contributed by atoms with Crippen LogP contribution in [0.1, 0.15) is 5.56 Å². The van der Waals surface area contributed by atoms with Crippen LogP contribution in [0.5, 0.6) is 11.5 Å². The van der Waals surface area contributed by atoms with E-state index in [2.05, 4.69) is 15.2 Å². The number of aromatic nitrogens is 1. The van der Waals surface area contributed by atoms with E-state index in [-0.39, 0.29) is 6.03 Å². The topological polar surface area (TPSA) is 66.9 Å². The molecule has 1 aromatic carbocycles. The van der Waals surface area contributed by atoms with E-state index >= 15 is 0 Å². The summed E-state index contributed by atoms with van der Waals surface area (Å²) in [5, 5.41) is 3.57. The van der Waals surface area contributed by atoms with Gasteiger partial charge < -0.3 is 24.6 Å². The number of benzene rings is 1. The van der Waals surface area contributed by atoms with Crippen LogP contribution in [0.15, 0.2) is 36.5 Å². The lowest BCUT2D eigenvalue weighted by molar-refractivity contribution is 0.193. The second-order valence-electron chi connectivity index (χ2n) is 6.15. The molecule has 1 aliphatic rings. The van der Waals surface area contributed by atoms with Gasteiger partial charge in [-0.1, -0.05) is 11.6 Å². The number of pyridine rings is 1. The molecule has 8 heteroatoms. The van der Waals surface area contributed by atoms with E-state index in [0.717, 1.165) is 24.5 Å². The number of methoxy groups -OCH3 is 2. The third-order valence-electron chi connectivity index (χ3n) is 4.53. The minimum absolute atomic E-state index is 0.0865. The molecule has 1 saturated heterocycles. The van der Waals surface area contributed by atoms with Crippen molar-refractivity contribution in [1.82, 2.24) is 15.2 Å². The van der Waals surface area contributed by atoms with Crippen LogP contribution in [-0.2, 0) is 6.54 Å². The largest absolute Gasteiger partial charge is 0.497 e. The maximum atomic E-state index is 12.5. The van der Waals surface area contributed by atoms with Gasteiger partial charge in [-0.25, -0.2) is 9.78 Å². The fourth-order valence-corrected chi connectivity index (χ4v) is 3.09. The van der Waals surface area contributed by atoms with Crippen LogP contribution in [0.3, 0.4) is 0 Å². The van der Waals surface area contributed by atoms with E-state index in [4.69, 9.17) is 21.1 Å². The predicted octanol–water partition coefficient (Wildman–Crippen LogP) is 2.78. The highest BCUT2D eigenvalue weighted by Gasteiger charge is 2.22. The minimum atomic E-state index is -0.0865. The number of ether oxygens (including phenoxy) is 2. The highest BCUT2D eigenvalue weighted by atomic mass is 35.5. The molecule has 144 valence electrons. The first-order valence-electron chi connectivity index (χ1n) is 8.71. The monoisotopic (exact) mass is 390 g/mol. The van der Waals surface area contributed by atoms with Crippen molar-refractivity contribution in [2.45, 2.75) is 6.54 Å². The fraction of sp³-hybridized carbons (Fsp3) is 0.368. The summed E-state index contributed by atoms with van der Waals surface area (Å²) in [4.78, 5) is 20.8. The highest BCUT2D eigenvalue weighted by molar-refractivity contribution is 6.30. The predicted molar refractivity (Wildman–Crippen MR) is 105 cm³/mol. The molecule has 2 amide bonds. The molecular formula is C19H23ClN4O3. The molecule has 2 heterocycles. The average Bonchev–Trinajstić information content (AvgIpc) is 2.72. The van der Waals surface area contributed by atoms with Crippen LogP contribution in [0.4, 0.5) is 10.6 Å². The number of nitrogens with one attached hydrogen (secondary N) is 1. The van der Waals surface area contributed by atoms with E-state index < -0.39 is 0 Å². The fourth-order valence-electron chi connectivity index (χ4n) is 2.97. The summed E-state index contributed by atoms with van der Waals surface area (Å²) in [6.45, 7) is 3.12. The van der Waals surface area contributed by atoms with Crippen molar-refractivity contribution in [3.05, 3.63) is 47.1 Å². The van der Waals surface area contributed by atoms with Gasteiger partial charge in [-0.3, -0.25) is 0 Å². The molecule has 0 spiro atoms. The molecule has 1 fully saturated rings. The van der Waals surface area contributed by atoms with Crippen molar-refractivity contribution in [2.24, 2.45) is 0 Å². The van der Waals surface area contributed by atoms with Crippen molar-refractivity contribution < 1.29 is 14.3 Å². The Morgan fingerprint density at radius 3 is 2.56 bits per heavy atom. The maximum Gasteiger partial charge on any atom is 0.317 e. The Morgan fingerprint density at radius 2 is 1.93 bits per heavy atom. The molecule has 2 aromatic rings. The standard InChI is InChI=1S/C19H23ClN4O3/c1-26-16-5-3-14(17(11-16)27-2)12-22-19(25)24-9-7-23(8-10-24)18-6-4-15(20)13-21-18/h3-6,11,13H,7-10,12H2,1-2H3,(H,22,25). The molecule has 3 rings (SSSR count). The van der Waals surface area contributed by atoms with Crippen LogP contribution in [0, 0.1) is 0 Å². The Balaban J connectivity index is 1.52. The van der Waals surface area contributed by atoms with Crippen molar-refractivity contribution >= 4 is 23.4 Å². The summed E-state index contributed by atoms with van der Waals surface area (Å²) in [5.41, 5.74) is 0.899. The molecule has 0 saturated carbocycles. The third kappa shape index (κ3) is 4.74. The molecule has 0 unspecified atom stereocenters. The van der Waals surface area contributed by atoms with Crippen LogP contribution < -0.4 is 19.7 Å². The van der Waals surface area contributed by atoms with Crippen molar-refractivity contribution in [1.29, 1.82) is 0 Å². The molecule has 1 N–H and O–H groups in total. The quantitative estimate of drug-likeness (QED) is 0.850. The van der Waals surface area contributed by atoms with Crippen molar-refractivity contribution in [2.75, 3.05) is 45.3 Å². The second kappa shape index (κ2) is 8.81. The zero-order chi connectivity index (χ0) is 19.2. The Hall–Kier alpha value is -2.67. The van der Waals surface area contributed by atoms with E-state index in [9.17, 15) is 4.79 Å². The van der Waals surface area contributed by atoms with Crippen LogP contribution in [0.2, 0.25) is 5.02 Å². The third-order valence-corrected chi connectivity index (χ3v) is 4.75. The number of nitrogens with zero attached hydrogens (tertiary/aromatic N) is 3. The summed E-state index contributed by atoms with van der Waals surface area (Å²) in [6, 6.07) is 9.18. The summed E-state index contributed by atoms with van der Waals surface area (Å²) in [7, 11) is 3.21. The van der Waals surface area contributed by atoms with Crippen molar-refractivity contribution in [3.63, 3.8) is 0 Å². The molecule has 0 aliphatic carbocycles. The number of carbonyl (C=O) groups excluding carboxylic acids is 1. The first kappa shape index (κ1) is 19.1. The molecule has 1 aromatic heterocycles. The molecule has 27 heavy (non-hydrogen) atoms. The van der Waals surface area contributed by atoms with Gasteiger partial charge in [-0.2, -0.15) is 0 Å².